The number of aliphatic hydroxyl groups is 1. The van der Waals surface area contributed by atoms with Crippen molar-refractivity contribution in [2.45, 2.75) is 19.4 Å². The van der Waals surface area contributed by atoms with E-state index in [-0.39, 0.29) is 13.0 Å². The molecule has 0 saturated heterocycles. The van der Waals surface area contributed by atoms with Crippen molar-refractivity contribution < 1.29 is 14.4 Å². The second-order valence-electron chi connectivity index (χ2n) is 3.91. The predicted octanol–water partition coefficient (Wildman–Crippen LogP) is 0.385. The molecule has 1 N–H and O–H groups in total. The Bertz CT molecular complexity index is 497. The normalized spacial score (nSPS) is 12.6. The molecule has 0 saturated carbocycles. The quantitative estimate of drug-likeness (QED) is 0.819. The zero-order chi connectivity index (χ0) is 13.0. The smallest absolute Gasteiger partial charge is 0.240 e. The molecule has 96 valence electrons. The maximum absolute atomic E-state index is 9.53. The molecule has 7 nitrogen and oxygen atoms in total. The molecule has 0 amide bonds. The SMILES string of the molecule is COCC(O)Cc1nc(-c2ncc(C)cn2)no1. The van der Waals surface area contributed by atoms with Gasteiger partial charge in [-0.15, -0.1) is 0 Å². The highest BCUT2D eigenvalue weighted by Gasteiger charge is 2.14. The predicted molar refractivity (Wildman–Crippen MR) is 61.6 cm³/mol. The highest BCUT2D eigenvalue weighted by atomic mass is 16.5. The molecule has 18 heavy (non-hydrogen) atoms. The number of hydrogen-bond donors (Lipinski definition) is 1. The van der Waals surface area contributed by atoms with E-state index in [1.165, 1.54) is 7.11 Å². The molecule has 2 aromatic heterocycles. The van der Waals surface area contributed by atoms with Crippen LogP contribution in [0.25, 0.3) is 11.6 Å². The van der Waals surface area contributed by atoms with Crippen molar-refractivity contribution in [1.82, 2.24) is 20.1 Å². The summed E-state index contributed by atoms with van der Waals surface area (Å²) in [6.07, 6.45) is 2.94. The van der Waals surface area contributed by atoms with Crippen LogP contribution < -0.4 is 0 Å². The minimum absolute atomic E-state index is 0.221. The number of aryl methyl sites for hydroxylation is 1. The average molecular weight is 250 g/mol. The van der Waals surface area contributed by atoms with Gasteiger partial charge in [0.25, 0.3) is 0 Å². The lowest BCUT2D eigenvalue weighted by Gasteiger charge is -2.04. The number of methoxy groups -OCH3 is 1. The Morgan fingerprint density at radius 2 is 2.06 bits per heavy atom. The van der Waals surface area contributed by atoms with E-state index in [1.54, 1.807) is 12.4 Å². The zero-order valence-electron chi connectivity index (χ0n) is 10.2. The summed E-state index contributed by atoms with van der Waals surface area (Å²) in [5, 5.41) is 13.3. The molecule has 2 rings (SSSR count). The molecule has 2 heterocycles. The lowest BCUT2D eigenvalue weighted by Crippen LogP contribution is -2.17. The number of rotatable bonds is 5. The second kappa shape index (κ2) is 5.65. The summed E-state index contributed by atoms with van der Waals surface area (Å²) in [6.45, 7) is 2.12. The van der Waals surface area contributed by atoms with E-state index in [4.69, 9.17) is 9.26 Å². The third-order valence-corrected chi connectivity index (χ3v) is 2.22. The van der Waals surface area contributed by atoms with Crippen LogP contribution in [-0.2, 0) is 11.2 Å². The van der Waals surface area contributed by atoms with Gasteiger partial charge in [0.15, 0.2) is 0 Å². The van der Waals surface area contributed by atoms with E-state index >= 15 is 0 Å². The number of aliphatic hydroxyl groups excluding tert-OH is 1. The summed E-state index contributed by atoms with van der Waals surface area (Å²) in [5.41, 5.74) is 0.956. The van der Waals surface area contributed by atoms with Crippen molar-refractivity contribution in [2.75, 3.05) is 13.7 Å². The minimum Gasteiger partial charge on any atom is -0.390 e. The molecule has 0 aliphatic rings. The summed E-state index contributed by atoms with van der Waals surface area (Å²) in [6, 6.07) is 0. The van der Waals surface area contributed by atoms with E-state index < -0.39 is 6.10 Å². The van der Waals surface area contributed by atoms with Gasteiger partial charge < -0.3 is 14.4 Å². The second-order valence-corrected chi connectivity index (χ2v) is 3.91. The monoisotopic (exact) mass is 250 g/mol. The maximum Gasteiger partial charge on any atom is 0.240 e. The highest BCUT2D eigenvalue weighted by molar-refractivity contribution is 5.40. The van der Waals surface area contributed by atoms with Crippen LogP contribution in [0.5, 0.6) is 0 Å². The molecular formula is C11H14N4O3. The first kappa shape index (κ1) is 12.6. The van der Waals surface area contributed by atoms with Crippen LogP contribution in [0.4, 0.5) is 0 Å². The van der Waals surface area contributed by atoms with Gasteiger partial charge >= 0.3 is 0 Å². The van der Waals surface area contributed by atoms with E-state index in [9.17, 15) is 5.11 Å². The Morgan fingerprint density at radius 1 is 1.33 bits per heavy atom. The highest BCUT2D eigenvalue weighted by Crippen LogP contribution is 2.11. The molecular weight excluding hydrogens is 236 g/mol. The van der Waals surface area contributed by atoms with Crippen LogP contribution in [-0.4, -0.2) is 45.0 Å². The van der Waals surface area contributed by atoms with Crippen LogP contribution in [0.15, 0.2) is 16.9 Å². The molecule has 7 heteroatoms. The van der Waals surface area contributed by atoms with Gasteiger partial charge in [0.2, 0.25) is 17.5 Å². The Labute approximate surface area is 104 Å². The van der Waals surface area contributed by atoms with Gasteiger partial charge in [-0.05, 0) is 12.5 Å². The number of nitrogens with zero attached hydrogens (tertiary/aromatic N) is 4. The van der Waals surface area contributed by atoms with Gasteiger partial charge in [-0.3, -0.25) is 0 Å². The van der Waals surface area contributed by atoms with Crippen LogP contribution in [0.2, 0.25) is 0 Å². The van der Waals surface area contributed by atoms with Crippen molar-refractivity contribution in [3.05, 3.63) is 23.8 Å². The first-order valence-corrected chi connectivity index (χ1v) is 5.47. The third-order valence-electron chi connectivity index (χ3n) is 2.22. The lowest BCUT2D eigenvalue weighted by molar-refractivity contribution is 0.0599. The van der Waals surface area contributed by atoms with Crippen molar-refractivity contribution in [2.24, 2.45) is 0 Å². The topological polar surface area (TPSA) is 94.2 Å². The number of ether oxygens (including phenoxy) is 1. The molecule has 0 bridgehead atoms. The zero-order valence-corrected chi connectivity index (χ0v) is 10.2. The fourth-order valence-electron chi connectivity index (χ4n) is 1.39. The van der Waals surface area contributed by atoms with Gasteiger partial charge in [0.1, 0.15) is 0 Å². The van der Waals surface area contributed by atoms with Crippen molar-refractivity contribution in [3.63, 3.8) is 0 Å². The van der Waals surface area contributed by atoms with Crippen LogP contribution in [0.3, 0.4) is 0 Å². The van der Waals surface area contributed by atoms with Crippen LogP contribution in [0.1, 0.15) is 11.5 Å². The van der Waals surface area contributed by atoms with Gasteiger partial charge in [-0.25, -0.2) is 9.97 Å². The third kappa shape index (κ3) is 3.08. The summed E-state index contributed by atoms with van der Waals surface area (Å²) in [5.74, 6) is 1.05. The lowest BCUT2D eigenvalue weighted by atomic mass is 10.3. The largest absolute Gasteiger partial charge is 0.390 e. The summed E-state index contributed by atoms with van der Waals surface area (Å²) in [7, 11) is 1.52. The first-order valence-electron chi connectivity index (χ1n) is 5.47. The Morgan fingerprint density at radius 3 is 2.72 bits per heavy atom. The molecule has 0 aliphatic carbocycles. The van der Waals surface area contributed by atoms with Crippen molar-refractivity contribution in [1.29, 1.82) is 0 Å². The van der Waals surface area contributed by atoms with E-state index in [0.717, 1.165) is 5.56 Å². The maximum atomic E-state index is 9.53. The molecule has 1 atom stereocenters. The van der Waals surface area contributed by atoms with E-state index in [2.05, 4.69) is 20.1 Å². The van der Waals surface area contributed by atoms with Crippen LogP contribution >= 0.6 is 0 Å². The Hall–Kier alpha value is -1.86. The molecule has 0 radical (unpaired) electrons. The summed E-state index contributed by atoms with van der Waals surface area (Å²) in [4.78, 5) is 12.3. The number of hydrogen-bond acceptors (Lipinski definition) is 7. The Kier molecular flexibility index (Phi) is 3.96. The van der Waals surface area contributed by atoms with Gasteiger partial charge in [-0.2, -0.15) is 4.98 Å². The Balaban J connectivity index is 2.08. The van der Waals surface area contributed by atoms with Crippen LogP contribution in [0, 0.1) is 6.92 Å². The van der Waals surface area contributed by atoms with E-state index in [0.29, 0.717) is 17.5 Å². The molecule has 0 fully saturated rings. The average Bonchev–Trinajstić information content (AvgIpc) is 2.78. The molecule has 0 aromatic carbocycles. The minimum atomic E-state index is -0.665. The standard InChI is InChI=1S/C11H14N4O3/c1-7-4-12-10(13-5-7)11-14-9(18-15-11)3-8(16)6-17-2/h4-5,8,16H,3,6H2,1-2H3. The van der Waals surface area contributed by atoms with Crippen molar-refractivity contribution >= 4 is 0 Å². The molecule has 1 unspecified atom stereocenters. The molecule has 0 aliphatic heterocycles. The molecule has 0 spiro atoms. The summed E-state index contributed by atoms with van der Waals surface area (Å²) >= 11 is 0. The first-order chi connectivity index (χ1) is 8.69. The fourth-order valence-corrected chi connectivity index (χ4v) is 1.39. The van der Waals surface area contributed by atoms with E-state index in [1.807, 2.05) is 6.92 Å². The van der Waals surface area contributed by atoms with Gasteiger partial charge in [0, 0.05) is 19.5 Å². The number of aromatic nitrogens is 4. The van der Waals surface area contributed by atoms with Gasteiger partial charge in [-0.1, -0.05) is 5.16 Å². The molecule has 2 aromatic rings. The van der Waals surface area contributed by atoms with Crippen molar-refractivity contribution in [3.8, 4) is 11.6 Å². The summed E-state index contributed by atoms with van der Waals surface area (Å²) < 4.78 is 9.83. The van der Waals surface area contributed by atoms with Gasteiger partial charge in [0.05, 0.1) is 19.1 Å². The fraction of sp³-hybridized carbons (Fsp3) is 0.455.